The lowest BCUT2D eigenvalue weighted by atomic mass is 9.87. The van der Waals surface area contributed by atoms with Gasteiger partial charge in [0.2, 0.25) is 0 Å². The molecule has 1 radical (unpaired) electrons. The first-order valence-corrected chi connectivity index (χ1v) is 8.91. The fourth-order valence-electron chi connectivity index (χ4n) is 2.71. The molecule has 0 unspecified atom stereocenters. The van der Waals surface area contributed by atoms with E-state index in [4.69, 9.17) is 8.85 Å². The molecule has 0 atom stereocenters. The fourth-order valence-corrected chi connectivity index (χ4v) is 6.83. The summed E-state index contributed by atoms with van der Waals surface area (Å²) < 4.78 is 12.3. The standard InChI is InChI=1S/C13H25O2Si/c1-3-14-16(15-4-2,13-9-6-10-13)11-12-7-5-8-12/h11-13H,3-10H2,1-2H3. The van der Waals surface area contributed by atoms with Gasteiger partial charge in [0.05, 0.1) is 0 Å². The molecule has 0 aliphatic heterocycles. The van der Waals surface area contributed by atoms with Crippen LogP contribution >= 0.6 is 0 Å². The molecule has 2 rings (SSSR count). The van der Waals surface area contributed by atoms with Gasteiger partial charge in [0, 0.05) is 24.8 Å². The molecular weight excluding hydrogens is 216 g/mol. The summed E-state index contributed by atoms with van der Waals surface area (Å²) in [6.45, 7) is 5.83. The van der Waals surface area contributed by atoms with Gasteiger partial charge in [0.25, 0.3) is 0 Å². The molecule has 0 aromatic rings. The maximum atomic E-state index is 6.14. The maximum absolute atomic E-state index is 6.14. The van der Waals surface area contributed by atoms with Crippen molar-refractivity contribution in [3.63, 3.8) is 0 Å². The van der Waals surface area contributed by atoms with E-state index in [0.29, 0.717) is 0 Å². The molecule has 2 aliphatic rings. The van der Waals surface area contributed by atoms with Crippen molar-refractivity contribution in [2.24, 2.45) is 5.92 Å². The minimum atomic E-state index is -1.97. The van der Waals surface area contributed by atoms with Crippen LogP contribution in [-0.2, 0) is 8.85 Å². The van der Waals surface area contributed by atoms with Crippen LogP contribution in [0.4, 0.5) is 0 Å². The molecule has 0 N–H and O–H groups in total. The van der Waals surface area contributed by atoms with E-state index in [9.17, 15) is 0 Å². The Hall–Kier alpha value is 0.137. The fraction of sp³-hybridized carbons (Fsp3) is 0.923. The van der Waals surface area contributed by atoms with Gasteiger partial charge in [-0.1, -0.05) is 25.7 Å². The molecule has 2 saturated carbocycles. The predicted octanol–water partition coefficient (Wildman–Crippen LogP) is 3.60. The smallest absolute Gasteiger partial charge is 0.345 e. The second-order valence-electron chi connectivity index (χ2n) is 5.07. The highest BCUT2D eigenvalue weighted by Crippen LogP contribution is 2.46. The van der Waals surface area contributed by atoms with E-state index in [1.54, 1.807) is 0 Å². The van der Waals surface area contributed by atoms with E-state index in [0.717, 1.165) is 24.7 Å². The van der Waals surface area contributed by atoms with Gasteiger partial charge in [-0.05, 0) is 32.6 Å². The molecule has 0 bridgehead atoms. The number of hydrogen-bond acceptors (Lipinski definition) is 2. The van der Waals surface area contributed by atoms with Crippen LogP contribution in [-0.4, -0.2) is 21.8 Å². The van der Waals surface area contributed by atoms with Crippen molar-refractivity contribution in [3.05, 3.63) is 6.04 Å². The highest BCUT2D eigenvalue weighted by atomic mass is 28.4. The molecule has 16 heavy (non-hydrogen) atoms. The van der Waals surface area contributed by atoms with Crippen molar-refractivity contribution in [2.75, 3.05) is 13.2 Å². The van der Waals surface area contributed by atoms with Crippen LogP contribution in [0.5, 0.6) is 0 Å². The average Bonchev–Trinajstić information content (AvgIpc) is 2.09. The van der Waals surface area contributed by atoms with Crippen LogP contribution in [0.15, 0.2) is 0 Å². The van der Waals surface area contributed by atoms with Crippen molar-refractivity contribution >= 4 is 8.56 Å². The molecular formula is C13H25O2Si. The lowest BCUT2D eigenvalue weighted by Gasteiger charge is -2.44. The Morgan fingerprint density at radius 1 is 1.00 bits per heavy atom. The Kier molecular flexibility index (Phi) is 4.45. The average molecular weight is 241 g/mol. The molecule has 0 spiro atoms. The first-order chi connectivity index (χ1) is 7.80. The summed E-state index contributed by atoms with van der Waals surface area (Å²) in [7, 11) is -1.97. The number of rotatable bonds is 7. The van der Waals surface area contributed by atoms with Gasteiger partial charge in [-0.15, -0.1) is 0 Å². The van der Waals surface area contributed by atoms with Crippen LogP contribution in [0, 0.1) is 12.0 Å². The zero-order valence-electron chi connectivity index (χ0n) is 10.7. The first kappa shape index (κ1) is 12.6. The van der Waals surface area contributed by atoms with E-state index in [1.165, 1.54) is 38.5 Å². The topological polar surface area (TPSA) is 18.5 Å². The van der Waals surface area contributed by atoms with Crippen molar-refractivity contribution in [1.82, 2.24) is 0 Å². The van der Waals surface area contributed by atoms with Crippen LogP contribution in [0.1, 0.15) is 52.4 Å². The van der Waals surface area contributed by atoms with E-state index in [2.05, 4.69) is 19.9 Å². The molecule has 0 saturated heterocycles. The third kappa shape index (κ3) is 2.52. The zero-order valence-corrected chi connectivity index (χ0v) is 11.7. The highest BCUT2D eigenvalue weighted by Gasteiger charge is 2.50. The lowest BCUT2D eigenvalue weighted by Crippen LogP contribution is -2.52. The second kappa shape index (κ2) is 5.65. The summed E-state index contributed by atoms with van der Waals surface area (Å²) >= 11 is 0. The molecule has 2 fully saturated rings. The second-order valence-corrected chi connectivity index (χ2v) is 8.24. The Balaban J connectivity index is 1.99. The molecule has 93 valence electrons. The van der Waals surface area contributed by atoms with E-state index < -0.39 is 8.56 Å². The van der Waals surface area contributed by atoms with Crippen LogP contribution in [0.2, 0.25) is 5.54 Å². The van der Waals surface area contributed by atoms with E-state index >= 15 is 0 Å². The van der Waals surface area contributed by atoms with Crippen molar-refractivity contribution in [2.45, 2.75) is 57.9 Å². The van der Waals surface area contributed by atoms with Gasteiger partial charge in [0.1, 0.15) is 0 Å². The largest absolute Gasteiger partial charge is 0.394 e. The lowest BCUT2D eigenvalue weighted by molar-refractivity contribution is 0.157. The van der Waals surface area contributed by atoms with Gasteiger partial charge in [0.15, 0.2) is 0 Å². The summed E-state index contributed by atoms with van der Waals surface area (Å²) in [4.78, 5) is 0. The molecule has 0 aromatic carbocycles. The summed E-state index contributed by atoms with van der Waals surface area (Å²) in [5.74, 6) is 0.797. The monoisotopic (exact) mass is 241 g/mol. The number of hydrogen-bond donors (Lipinski definition) is 0. The van der Waals surface area contributed by atoms with E-state index in [1.807, 2.05) is 0 Å². The van der Waals surface area contributed by atoms with Gasteiger partial charge in [-0.2, -0.15) is 0 Å². The zero-order chi connectivity index (χ0) is 11.4. The minimum Gasteiger partial charge on any atom is -0.394 e. The first-order valence-electron chi connectivity index (χ1n) is 6.94. The van der Waals surface area contributed by atoms with Gasteiger partial charge in [-0.3, -0.25) is 0 Å². The normalized spacial score (nSPS) is 22.9. The summed E-state index contributed by atoms with van der Waals surface area (Å²) in [6.07, 6.45) is 8.15. The van der Waals surface area contributed by atoms with Crippen LogP contribution in [0.25, 0.3) is 0 Å². The van der Waals surface area contributed by atoms with Crippen LogP contribution < -0.4 is 0 Å². The highest BCUT2D eigenvalue weighted by molar-refractivity contribution is 6.73. The molecule has 0 aromatic heterocycles. The van der Waals surface area contributed by atoms with Crippen molar-refractivity contribution in [3.8, 4) is 0 Å². The summed E-state index contributed by atoms with van der Waals surface area (Å²) in [5.41, 5.74) is 0.744. The van der Waals surface area contributed by atoms with Gasteiger partial charge >= 0.3 is 8.56 Å². The molecule has 2 aliphatic carbocycles. The molecule has 2 nitrogen and oxygen atoms in total. The Morgan fingerprint density at radius 2 is 1.56 bits per heavy atom. The third-order valence-electron chi connectivity index (χ3n) is 4.03. The molecule has 3 heteroatoms. The minimum absolute atomic E-state index is 0.744. The Morgan fingerprint density at radius 3 is 1.88 bits per heavy atom. The summed E-state index contributed by atoms with van der Waals surface area (Å²) in [6, 6.07) is 2.52. The third-order valence-corrected chi connectivity index (χ3v) is 8.16. The SMILES string of the molecule is CCO[Si]([CH]C1CCC1)(OCC)C1CCC1. The summed E-state index contributed by atoms with van der Waals surface area (Å²) in [5, 5.41) is 0. The van der Waals surface area contributed by atoms with Gasteiger partial charge in [-0.25, -0.2) is 0 Å². The Bertz CT molecular complexity index is 206. The van der Waals surface area contributed by atoms with E-state index in [-0.39, 0.29) is 0 Å². The quantitative estimate of drug-likeness (QED) is 0.634. The Labute approximate surface area is 101 Å². The van der Waals surface area contributed by atoms with Gasteiger partial charge < -0.3 is 8.85 Å². The molecule has 0 heterocycles. The molecule has 0 amide bonds. The van der Waals surface area contributed by atoms with Crippen molar-refractivity contribution < 1.29 is 8.85 Å². The maximum Gasteiger partial charge on any atom is 0.345 e. The predicted molar refractivity (Wildman–Crippen MR) is 68.2 cm³/mol. The van der Waals surface area contributed by atoms with Crippen molar-refractivity contribution in [1.29, 1.82) is 0 Å². The van der Waals surface area contributed by atoms with Crippen LogP contribution in [0.3, 0.4) is 0 Å².